The van der Waals surface area contributed by atoms with Crippen molar-refractivity contribution in [1.29, 1.82) is 0 Å². The number of benzene rings is 3. The summed E-state index contributed by atoms with van der Waals surface area (Å²) in [5.74, 6) is 3.51. The lowest BCUT2D eigenvalue weighted by Gasteiger charge is -2.46. The Hall–Kier alpha value is -5.14. The molecule has 5 rings (SSSR count). The molecule has 0 bridgehead atoms. The van der Waals surface area contributed by atoms with Gasteiger partial charge in [0, 0.05) is 56.2 Å². The summed E-state index contributed by atoms with van der Waals surface area (Å²) < 4.78 is 51.9. The number of hydrogen-bond donors (Lipinski definition) is 0. The van der Waals surface area contributed by atoms with Gasteiger partial charge in [0.25, 0.3) is 0 Å². The highest BCUT2D eigenvalue weighted by Crippen LogP contribution is 2.44. The first-order chi connectivity index (χ1) is 28.1. The Morgan fingerprint density at radius 2 is 1.21 bits per heavy atom. The molecule has 0 aliphatic carbocycles. The third-order valence-corrected chi connectivity index (χ3v) is 11.8. The predicted molar refractivity (Wildman–Crippen MR) is 219 cm³/mol. The molecule has 2 unspecified atom stereocenters. The van der Waals surface area contributed by atoms with Gasteiger partial charge in [-0.15, -0.1) is 0 Å². The average Bonchev–Trinajstić information content (AvgIpc) is 3.71. The average molecular weight is 807 g/mol. The van der Waals surface area contributed by atoms with Crippen LogP contribution in [0.3, 0.4) is 0 Å². The summed E-state index contributed by atoms with van der Waals surface area (Å²) in [7, 11) is 13.7. The molecule has 0 radical (unpaired) electrons. The number of carbonyl (C=O) groups is 2. The standard InChI is InChI=1S/C45H62N2O11/c1-46(24-19-33-29-40(53-5)41(54-6)30-35(33)36(46)27-32-13-15-37(50-2)39(28-32)52-4)20-11-25-57-42(48)17-18-43(49)58-26-12-23-47(21-9-10-22-47)31-34-14-16-38(51-3)45(56-8)44(34)55-7/h13-18,28-30,36H,9-12,19-27,31H2,1-8H3/q+2. The molecule has 0 amide bonds. The summed E-state index contributed by atoms with van der Waals surface area (Å²) in [6.45, 7) is 5.82. The zero-order chi connectivity index (χ0) is 41.7. The zero-order valence-corrected chi connectivity index (χ0v) is 35.6. The molecule has 13 heteroatoms. The lowest BCUT2D eigenvalue weighted by Crippen LogP contribution is -2.52. The van der Waals surface area contributed by atoms with E-state index in [4.69, 9.17) is 42.6 Å². The Bertz CT molecular complexity index is 1890. The van der Waals surface area contributed by atoms with Crippen LogP contribution in [0.25, 0.3) is 0 Å². The van der Waals surface area contributed by atoms with Gasteiger partial charge in [-0.1, -0.05) is 6.07 Å². The molecule has 2 atom stereocenters. The summed E-state index contributed by atoms with van der Waals surface area (Å²) in [5.41, 5.74) is 4.60. The third kappa shape index (κ3) is 10.5. The van der Waals surface area contributed by atoms with Gasteiger partial charge in [0.2, 0.25) is 5.75 Å². The summed E-state index contributed by atoms with van der Waals surface area (Å²) in [4.78, 5) is 25.2. The molecule has 0 saturated carbocycles. The van der Waals surface area contributed by atoms with Gasteiger partial charge < -0.3 is 51.6 Å². The number of hydrogen-bond acceptors (Lipinski definition) is 11. The Kier molecular flexibility index (Phi) is 15.6. The van der Waals surface area contributed by atoms with Gasteiger partial charge in [-0.2, -0.15) is 0 Å². The van der Waals surface area contributed by atoms with Gasteiger partial charge in [-0.25, -0.2) is 9.59 Å². The second-order valence-electron chi connectivity index (χ2n) is 15.2. The molecule has 13 nitrogen and oxygen atoms in total. The number of likely N-dealkylation sites (tertiary alicyclic amines) is 1. The first kappa shape index (κ1) is 44.0. The number of quaternary nitrogens is 2. The van der Waals surface area contributed by atoms with E-state index >= 15 is 0 Å². The Morgan fingerprint density at radius 1 is 0.638 bits per heavy atom. The minimum atomic E-state index is -0.576. The highest BCUT2D eigenvalue weighted by molar-refractivity contribution is 5.91. The van der Waals surface area contributed by atoms with Gasteiger partial charge in [-0.3, -0.25) is 0 Å². The van der Waals surface area contributed by atoms with Crippen LogP contribution in [0.2, 0.25) is 0 Å². The van der Waals surface area contributed by atoms with E-state index in [2.05, 4.69) is 25.2 Å². The van der Waals surface area contributed by atoms with Crippen molar-refractivity contribution >= 4 is 11.9 Å². The fraction of sp³-hybridized carbons (Fsp3) is 0.511. The van der Waals surface area contributed by atoms with Crippen LogP contribution in [0.5, 0.6) is 40.2 Å². The van der Waals surface area contributed by atoms with Crippen molar-refractivity contribution in [3.8, 4) is 40.2 Å². The van der Waals surface area contributed by atoms with Crippen LogP contribution in [0.15, 0.2) is 54.6 Å². The minimum absolute atomic E-state index is 0.0863. The lowest BCUT2D eigenvalue weighted by atomic mass is 9.86. The summed E-state index contributed by atoms with van der Waals surface area (Å²) >= 11 is 0. The van der Waals surface area contributed by atoms with Crippen molar-refractivity contribution in [3.05, 3.63) is 76.9 Å². The van der Waals surface area contributed by atoms with Crippen LogP contribution in [0.1, 0.15) is 54.0 Å². The van der Waals surface area contributed by atoms with Crippen molar-refractivity contribution in [2.45, 2.75) is 51.1 Å². The quantitative estimate of drug-likeness (QED) is 0.0525. The molecule has 3 aromatic carbocycles. The molecule has 2 heterocycles. The predicted octanol–water partition coefficient (Wildman–Crippen LogP) is 6.27. The number of ether oxygens (including phenoxy) is 9. The first-order valence-corrected chi connectivity index (χ1v) is 20.0. The number of carbonyl (C=O) groups excluding carboxylic acids is 2. The second-order valence-corrected chi connectivity index (χ2v) is 15.2. The van der Waals surface area contributed by atoms with E-state index in [1.54, 1.807) is 49.8 Å². The van der Waals surface area contributed by atoms with Gasteiger partial charge in [0.05, 0.1) is 108 Å². The fourth-order valence-corrected chi connectivity index (χ4v) is 8.68. The van der Waals surface area contributed by atoms with E-state index in [0.29, 0.717) is 53.1 Å². The highest BCUT2D eigenvalue weighted by atomic mass is 16.5. The first-order valence-electron chi connectivity index (χ1n) is 20.0. The molecule has 1 fully saturated rings. The number of methoxy groups -OCH3 is 7. The van der Waals surface area contributed by atoms with Crippen LogP contribution in [-0.2, 0) is 38.4 Å². The third-order valence-electron chi connectivity index (χ3n) is 11.8. The van der Waals surface area contributed by atoms with Crippen molar-refractivity contribution in [2.75, 3.05) is 103 Å². The Morgan fingerprint density at radius 3 is 1.81 bits per heavy atom. The minimum Gasteiger partial charge on any atom is -0.493 e. The molecule has 3 aromatic rings. The number of rotatable bonds is 21. The van der Waals surface area contributed by atoms with Gasteiger partial charge in [-0.05, 0) is 47.5 Å². The van der Waals surface area contributed by atoms with Gasteiger partial charge in [0.15, 0.2) is 34.5 Å². The monoisotopic (exact) mass is 806 g/mol. The van der Waals surface area contributed by atoms with Crippen LogP contribution in [-0.4, -0.2) is 124 Å². The van der Waals surface area contributed by atoms with Crippen LogP contribution in [0, 0.1) is 0 Å². The smallest absolute Gasteiger partial charge is 0.331 e. The molecule has 1 saturated heterocycles. The van der Waals surface area contributed by atoms with Gasteiger partial charge >= 0.3 is 11.9 Å². The van der Waals surface area contributed by atoms with E-state index in [0.717, 1.165) is 97.2 Å². The number of nitrogens with zero attached hydrogens (tertiary/aromatic N) is 2. The van der Waals surface area contributed by atoms with Crippen LogP contribution in [0.4, 0.5) is 0 Å². The maximum atomic E-state index is 12.6. The normalized spacial score (nSPS) is 18.2. The molecule has 2 aliphatic rings. The summed E-state index contributed by atoms with van der Waals surface area (Å²) in [6, 6.07) is 14.3. The lowest BCUT2D eigenvalue weighted by molar-refractivity contribution is -0.941. The van der Waals surface area contributed by atoms with Crippen molar-refractivity contribution < 1.29 is 61.2 Å². The summed E-state index contributed by atoms with van der Waals surface area (Å²) in [5, 5.41) is 0. The van der Waals surface area contributed by atoms with Crippen molar-refractivity contribution in [3.63, 3.8) is 0 Å². The van der Waals surface area contributed by atoms with E-state index in [9.17, 15) is 9.59 Å². The molecule has 2 aliphatic heterocycles. The van der Waals surface area contributed by atoms with Crippen molar-refractivity contribution in [2.24, 2.45) is 0 Å². The maximum Gasteiger partial charge on any atom is 0.331 e. The summed E-state index contributed by atoms with van der Waals surface area (Å²) in [6.07, 6.45) is 7.51. The van der Waals surface area contributed by atoms with E-state index in [1.807, 2.05) is 24.3 Å². The zero-order valence-electron chi connectivity index (χ0n) is 35.6. The van der Waals surface area contributed by atoms with Crippen LogP contribution >= 0.6 is 0 Å². The SMILES string of the molecule is COc1ccc(CC2c3cc(OC)c(OC)cc3CC[N+]2(C)CCCOC(=O)C=CC(=O)OCCC[N+]2(Cc3ccc(OC)c(OC)c3OC)CCCC2)cc1OC. The van der Waals surface area contributed by atoms with Crippen molar-refractivity contribution in [1.82, 2.24) is 0 Å². The molecule has 58 heavy (non-hydrogen) atoms. The van der Waals surface area contributed by atoms with Crippen LogP contribution < -0.4 is 33.2 Å². The molecule has 0 N–H and O–H groups in total. The molecule has 316 valence electrons. The second kappa shape index (κ2) is 20.5. The Balaban J connectivity index is 1.13. The molecule has 0 spiro atoms. The number of fused-ring (bicyclic) bond motifs is 1. The number of esters is 2. The van der Waals surface area contributed by atoms with Gasteiger partial charge in [0.1, 0.15) is 12.6 Å². The maximum absolute atomic E-state index is 12.6. The highest BCUT2D eigenvalue weighted by Gasteiger charge is 2.40. The molecular formula is C45H62N2O11+2. The Labute approximate surface area is 343 Å². The largest absolute Gasteiger partial charge is 0.493 e. The fourth-order valence-electron chi connectivity index (χ4n) is 8.68. The molecular weight excluding hydrogens is 744 g/mol. The molecule has 0 aromatic heterocycles. The van der Waals surface area contributed by atoms with E-state index in [1.165, 1.54) is 11.1 Å². The van der Waals surface area contributed by atoms with E-state index < -0.39 is 11.9 Å². The number of likely N-dealkylation sites (N-methyl/N-ethyl adjacent to an activating group) is 1. The van der Waals surface area contributed by atoms with E-state index in [-0.39, 0.29) is 19.3 Å². The topological polar surface area (TPSA) is 117 Å².